The molecule has 0 amide bonds. The summed E-state index contributed by atoms with van der Waals surface area (Å²) in [5, 5.41) is 1.00. The van der Waals surface area contributed by atoms with E-state index in [4.69, 9.17) is 13.9 Å². The van der Waals surface area contributed by atoms with Crippen LogP contribution in [0.3, 0.4) is 0 Å². The average molecular weight is 368 g/mol. The Labute approximate surface area is 159 Å². The van der Waals surface area contributed by atoms with Gasteiger partial charge < -0.3 is 18.8 Å². The maximum atomic E-state index is 12.0. The molecule has 3 rings (SSSR count). The van der Waals surface area contributed by atoms with Crippen molar-refractivity contribution in [1.29, 1.82) is 0 Å². The highest BCUT2D eigenvalue weighted by Gasteiger charge is 2.14. The van der Waals surface area contributed by atoms with Crippen molar-refractivity contribution < 1.29 is 18.8 Å². The van der Waals surface area contributed by atoms with E-state index in [0.717, 1.165) is 46.7 Å². The van der Waals surface area contributed by atoms with Crippen molar-refractivity contribution in [1.82, 2.24) is 0 Å². The lowest BCUT2D eigenvalue weighted by atomic mass is 10.0. The van der Waals surface area contributed by atoms with Crippen LogP contribution in [-0.2, 0) is 13.1 Å². The Hall–Kier alpha value is -2.79. The minimum absolute atomic E-state index is 0.306. The zero-order valence-corrected chi connectivity index (χ0v) is 16.5. The standard InChI is InChI=1S/C22H25NO4/c1-14-8-18-17(11-22(24)27-20(18)9-15(14)2)13-23(3)12-16-6-7-19(25-4)21(10-16)26-5/h6-11H,12-13H2,1-5H3/p+1. The molecule has 0 bridgehead atoms. The second kappa shape index (κ2) is 7.84. The maximum absolute atomic E-state index is 12.0. The van der Waals surface area contributed by atoms with Gasteiger partial charge in [-0.05, 0) is 55.3 Å². The van der Waals surface area contributed by atoms with Crippen molar-refractivity contribution in [3.63, 3.8) is 0 Å². The average Bonchev–Trinajstić information content (AvgIpc) is 2.63. The summed E-state index contributed by atoms with van der Waals surface area (Å²) in [5.74, 6) is 1.44. The molecule has 2 aromatic carbocycles. The van der Waals surface area contributed by atoms with Crippen LogP contribution in [0.2, 0.25) is 0 Å². The Morgan fingerprint density at radius 2 is 1.63 bits per heavy atom. The number of rotatable bonds is 6. The minimum Gasteiger partial charge on any atom is -0.493 e. The Balaban J connectivity index is 1.87. The number of methoxy groups -OCH3 is 2. The molecule has 0 aliphatic carbocycles. The van der Waals surface area contributed by atoms with Crippen LogP contribution in [0.4, 0.5) is 0 Å². The summed E-state index contributed by atoms with van der Waals surface area (Å²) in [4.78, 5) is 13.2. The number of quaternary nitrogens is 1. The van der Waals surface area contributed by atoms with E-state index in [1.807, 2.05) is 31.2 Å². The fourth-order valence-corrected chi connectivity index (χ4v) is 3.36. The van der Waals surface area contributed by atoms with Gasteiger partial charge in [-0.2, -0.15) is 0 Å². The van der Waals surface area contributed by atoms with Crippen molar-refractivity contribution in [2.24, 2.45) is 0 Å². The van der Waals surface area contributed by atoms with Crippen LogP contribution in [-0.4, -0.2) is 21.3 Å². The molecular weight excluding hydrogens is 342 g/mol. The summed E-state index contributed by atoms with van der Waals surface area (Å²) in [6.07, 6.45) is 0. The number of aryl methyl sites for hydroxylation is 2. The molecule has 0 aliphatic rings. The fourth-order valence-electron chi connectivity index (χ4n) is 3.36. The Kier molecular flexibility index (Phi) is 5.51. The lowest BCUT2D eigenvalue weighted by Gasteiger charge is -2.16. The molecule has 0 saturated heterocycles. The summed E-state index contributed by atoms with van der Waals surface area (Å²) in [6, 6.07) is 11.6. The monoisotopic (exact) mass is 368 g/mol. The fraction of sp³-hybridized carbons (Fsp3) is 0.318. The zero-order chi connectivity index (χ0) is 19.6. The highest BCUT2D eigenvalue weighted by atomic mass is 16.5. The van der Waals surface area contributed by atoms with Gasteiger partial charge in [-0.1, -0.05) is 0 Å². The van der Waals surface area contributed by atoms with Gasteiger partial charge in [0.1, 0.15) is 18.7 Å². The van der Waals surface area contributed by atoms with Gasteiger partial charge in [0.05, 0.1) is 21.3 Å². The van der Waals surface area contributed by atoms with Gasteiger partial charge in [-0.25, -0.2) is 4.79 Å². The van der Waals surface area contributed by atoms with E-state index in [9.17, 15) is 4.79 Å². The van der Waals surface area contributed by atoms with Crippen molar-refractivity contribution >= 4 is 11.0 Å². The van der Waals surface area contributed by atoms with Crippen molar-refractivity contribution in [3.8, 4) is 11.5 Å². The predicted molar refractivity (Wildman–Crippen MR) is 106 cm³/mol. The number of fused-ring (bicyclic) bond motifs is 1. The Bertz CT molecular complexity index is 1020. The van der Waals surface area contributed by atoms with Crippen LogP contribution in [0.25, 0.3) is 11.0 Å². The maximum Gasteiger partial charge on any atom is 0.336 e. The number of nitrogens with one attached hydrogen (secondary N) is 1. The summed E-state index contributed by atoms with van der Waals surface area (Å²) in [6.45, 7) is 5.62. The van der Waals surface area contributed by atoms with Gasteiger partial charge >= 0.3 is 5.63 Å². The Morgan fingerprint density at radius 1 is 0.926 bits per heavy atom. The first-order chi connectivity index (χ1) is 12.9. The number of benzene rings is 2. The molecule has 0 radical (unpaired) electrons. The van der Waals surface area contributed by atoms with E-state index in [2.05, 4.69) is 20.0 Å². The van der Waals surface area contributed by atoms with E-state index < -0.39 is 0 Å². The van der Waals surface area contributed by atoms with E-state index in [-0.39, 0.29) is 5.63 Å². The highest BCUT2D eigenvalue weighted by molar-refractivity contribution is 5.81. The van der Waals surface area contributed by atoms with Gasteiger partial charge in [-0.15, -0.1) is 0 Å². The highest BCUT2D eigenvalue weighted by Crippen LogP contribution is 2.27. The van der Waals surface area contributed by atoms with E-state index in [1.165, 1.54) is 10.5 Å². The summed E-state index contributed by atoms with van der Waals surface area (Å²) < 4.78 is 16.1. The molecule has 5 heteroatoms. The van der Waals surface area contributed by atoms with Gasteiger partial charge in [0.15, 0.2) is 11.5 Å². The van der Waals surface area contributed by atoms with Gasteiger partial charge in [0, 0.05) is 22.6 Å². The van der Waals surface area contributed by atoms with E-state index >= 15 is 0 Å². The molecule has 142 valence electrons. The van der Waals surface area contributed by atoms with Crippen LogP contribution in [0.15, 0.2) is 45.6 Å². The molecule has 1 N–H and O–H groups in total. The number of hydrogen-bond acceptors (Lipinski definition) is 4. The third-order valence-electron chi connectivity index (χ3n) is 4.89. The van der Waals surface area contributed by atoms with Crippen molar-refractivity contribution in [2.75, 3.05) is 21.3 Å². The molecule has 3 aromatic rings. The molecule has 0 aliphatic heterocycles. The Morgan fingerprint density at radius 3 is 2.33 bits per heavy atom. The largest absolute Gasteiger partial charge is 0.493 e. The summed E-state index contributed by atoms with van der Waals surface area (Å²) in [5.41, 5.74) is 4.80. The van der Waals surface area contributed by atoms with Crippen molar-refractivity contribution in [2.45, 2.75) is 26.9 Å². The van der Waals surface area contributed by atoms with Gasteiger partial charge in [0.25, 0.3) is 0 Å². The first-order valence-corrected chi connectivity index (χ1v) is 8.97. The molecule has 0 spiro atoms. The lowest BCUT2D eigenvalue weighted by molar-refractivity contribution is -0.907. The van der Waals surface area contributed by atoms with Crippen LogP contribution >= 0.6 is 0 Å². The molecular formula is C22H26NO4+. The topological polar surface area (TPSA) is 53.1 Å². The number of hydrogen-bond donors (Lipinski definition) is 1. The second-order valence-electron chi connectivity index (χ2n) is 7.02. The van der Waals surface area contributed by atoms with Crippen LogP contribution in [0, 0.1) is 13.8 Å². The quantitative estimate of drug-likeness (QED) is 0.680. The van der Waals surface area contributed by atoms with E-state index in [1.54, 1.807) is 20.3 Å². The molecule has 1 unspecified atom stereocenters. The van der Waals surface area contributed by atoms with Gasteiger partial charge in [-0.3, -0.25) is 0 Å². The lowest BCUT2D eigenvalue weighted by Crippen LogP contribution is -3.06. The number of ether oxygens (including phenoxy) is 2. The molecule has 5 nitrogen and oxygen atoms in total. The third-order valence-corrected chi connectivity index (χ3v) is 4.89. The molecule has 1 aromatic heterocycles. The zero-order valence-electron chi connectivity index (χ0n) is 16.5. The summed E-state index contributed by atoms with van der Waals surface area (Å²) in [7, 11) is 5.38. The van der Waals surface area contributed by atoms with Crippen LogP contribution < -0.4 is 20.0 Å². The van der Waals surface area contributed by atoms with Crippen LogP contribution in [0.5, 0.6) is 11.5 Å². The second-order valence-corrected chi connectivity index (χ2v) is 7.02. The molecule has 0 fully saturated rings. The molecule has 1 heterocycles. The van der Waals surface area contributed by atoms with E-state index in [0.29, 0.717) is 5.58 Å². The minimum atomic E-state index is -0.306. The smallest absolute Gasteiger partial charge is 0.336 e. The molecule has 1 atom stereocenters. The normalized spacial score (nSPS) is 12.2. The SMILES string of the molecule is COc1ccc(C[NH+](C)Cc2cc(=O)oc3cc(C)c(C)cc23)cc1OC. The first-order valence-electron chi connectivity index (χ1n) is 8.97. The van der Waals surface area contributed by atoms with Crippen LogP contribution in [0.1, 0.15) is 22.3 Å². The van der Waals surface area contributed by atoms with Crippen molar-refractivity contribution in [3.05, 3.63) is 69.1 Å². The first kappa shape index (κ1) is 19.0. The molecule has 27 heavy (non-hydrogen) atoms. The molecule has 0 saturated carbocycles. The van der Waals surface area contributed by atoms with Gasteiger partial charge in [0.2, 0.25) is 0 Å². The predicted octanol–water partition coefficient (Wildman–Crippen LogP) is 2.64. The third kappa shape index (κ3) is 4.14. The summed E-state index contributed by atoms with van der Waals surface area (Å²) >= 11 is 0.